The maximum atomic E-state index is 13.0. The first kappa shape index (κ1) is 103. The number of unbranched alkanes of at least 4 members (excludes halogenated alkanes) is 35. The molecule has 0 spiro atoms. The Morgan fingerprint density at radius 2 is 0.495 bits per heavy atom. The van der Waals surface area contributed by atoms with Gasteiger partial charge in [-0.15, -0.1) is 0 Å². The SMILES string of the molecule is CC/C=C\C/C=C\C/C=C\C/C=C\C/C=C\CCCCCCCCCCCCCCCCCCCC(=O)OCC(O)COP(=O)(O)OCC(O)COP(=O)(O)OCC(COC(=O)CCCCCCCCC/C=C\C/C=C\C/C=C\C/C=C\C/C=C\CC)OC(=O)CCCCCCC/C=C\CCCCCCCC. The number of aliphatic hydroxyl groups excluding tert-OH is 2. The maximum absolute atomic E-state index is 13.0. The Balaban J connectivity index is 4.46. The van der Waals surface area contributed by atoms with Crippen LogP contribution in [0.1, 0.15) is 355 Å². The highest BCUT2D eigenvalue weighted by atomic mass is 31.2. The third-order valence-corrected chi connectivity index (χ3v) is 19.7. The number of ether oxygens (including phenoxy) is 3. The molecule has 0 aliphatic heterocycles. The average Bonchev–Trinajstić information content (AvgIpc) is 0.908. The molecule has 0 aromatic rings. The highest BCUT2D eigenvalue weighted by molar-refractivity contribution is 7.47. The van der Waals surface area contributed by atoms with Crippen molar-refractivity contribution >= 4 is 33.6 Å². The Kier molecular flexibility index (Phi) is 77.9. The number of allylic oxidation sites excluding steroid dienone is 22. The van der Waals surface area contributed by atoms with Gasteiger partial charge in [-0.2, -0.15) is 0 Å². The van der Waals surface area contributed by atoms with Crippen molar-refractivity contribution in [3.05, 3.63) is 134 Å². The number of aliphatic hydroxyl groups is 2. The van der Waals surface area contributed by atoms with Gasteiger partial charge in [0.15, 0.2) is 6.10 Å². The number of hydrogen-bond acceptors (Lipinski definition) is 14. The number of phosphoric acid groups is 2. The molecule has 0 aliphatic carbocycles. The van der Waals surface area contributed by atoms with Gasteiger partial charge in [-0.3, -0.25) is 32.5 Å². The van der Waals surface area contributed by atoms with Crippen LogP contribution in [0.2, 0.25) is 0 Å². The fourth-order valence-corrected chi connectivity index (χ4v) is 13.0. The lowest BCUT2D eigenvalue weighted by molar-refractivity contribution is -0.161. The molecule has 107 heavy (non-hydrogen) atoms. The summed E-state index contributed by atoms with van der Waals surface area (Å²) < 4.78 is 61.3. The minimum absolute atomic E-state index is 0.0909. The van der Waals surface area contributed by atoms with Crippen LogP contribution in [-0.2, 0) is 55.8 Å². The van der Waals surface area contributed by atoms with Crippen molar-refractivity contribution in [1.82, 2.24) is 0 Å². The van der Waals surface area contributed by atoms with Gasteiger partial charge in [-0.1, -0.05) is 334 Å². The smallest absolute Gasteiger partial charge is 0.463 e. The molecule has 0 aromatic heterocycles. The van der Waals surface area contributed by atoms with Gasteiger partial charge in [0.05, 0.1) is 26.4 Å². The van der Waals surface area contributed by atoms with E-state index >= 15 is 0 Å². The molecule has 0 bridgehead atoms. The molecule has 0 radical (unpaired) electrons. The molecule has 0 aliphatic rings. The van der Waals surface area contributed by atoms with E-state index in [9.17, 15) is 43.5 Å². The average molecular weight is 1540 g/mol. The highest BCUT2D eigenvalue weighted by Gasteiger charge is 2.29. The van der Waals surface area contributed by atoms with Crippen LogP contribution in [0.25, 0.3) is 0 Å². The summed E-state index contributed by atoms with van der Waals surface area (Å²) in [5.74, 6) is -1.59. The van der Waals surface area contributed by atoms with Crippen LogP contribution in [0.5, 0.6) is 0 Å². The number of carbonyl (C=O) groups excluding carboxylic acids is 3. The Hall–Kier alpha value is -4.31. The maximum Gasteiger partial charge on any atom is 0.472 e. The molecule has 18 heteroatoms. The first-order valence-corrected chi connectivity index (χ1v) is 45.5. The first-order chi connectivity index (χ1) is 52.2. The van der Waals surface area contributed by atoms with E-state index < -0.39 is 91.5 Å². The first-order valence-electron chi connectivity index (χ1n) is 42.5. The zero-order valence-corrected chi connectivity index (χ0v) is 69.3. The van der Waals surface area contributed by atoms with Gasteiger partial charge in [-0.05, 0) is 135 Å². The van der Waals surface area contributed by atoms with Crippen LogP contribution < -0.4 is 0 Å². The van der Waals surface area contributed by atoms with Crippen molar-refractivity contribution in [1.29, 1.82) is 0 Å². The van der Waals surface area contributed by atoms with Gasteiger partial charge in [0.25, 0.3) is 0 Å². The lowest BCUT2D eigenvalue weighted by Crippen LogP contribution is -2.30. The lowest BCUT2D eigenvalue weighted by atomic mass is 10.0. The number of hydrogen-bond donors (Lipinski definition) is 4. The molecule has 0 heterocycles. The van der Waals surface area contributed by atoms with E-state index in [-0.39, 0.29) is 19.3 Å². The second kappa shape index (κ2) is 81.2. The number of phosphoric ester groups is 2. The summed E-state index contributed by atoms with van der Waals surface area (Å²) >= 11 is 0. The molecule has 0 amide bonds. The summed E-state index contributed by atoms with van der Waals surface area (Å²) in [4.78, 5) is 58.8. The minimum Gasteiger partial charge on any atom is -0.463 e. The fraction of sp³-hybridized carbons (Fsp3) is 0.719. The van der Waals surface area contributed by atoms with Crippen molar-refractivity contribution < 1.29 is 75.8 Å². The molecule has 4 N–H and O–H groups in total. The molecule has 0 rings (SSSR count). The Morgan fingerprint density at radius 3 is 0.794 bits per heavy atom. The highest BCUT2D eigenvalue weighted by Crippen LogP contribution is 2.45. The third kappa shape index (κ3) is 82.5. The largest absolute Gasteiger partial charge is 0.472 e. The summed E-state index contributed by atoms with van der Waals surface area (Å²) in [6.45, 7) is 2.46. The monoisotopic (exact) mass is 1540 g/mol. The van der Waals surface area contributed by atoms with Crippen LogP contribution in [0, 0.1) is 0 Å². The molecule has 5 atom stereocenters. The predicted molar refractivity (Wildman–Crippen MR) is 445 cm³/mol. The van der Waals surface area contributed by atoms with Crippen LogP contribution in [0.15, 0.2) is 134 Å². The molecule has 616 valence electrons. The van der Waals surface area contributed by atoms with E-state index in [4.69, 9.17) is 32.3 Å². The van der Waals surface area contributed by atoms with E-state index in [1.54, 1.807) is 0 Å². The summed E-state index contributed by atoms with van der Waals surface area (Å²) in [7, 11) is -9.80. The Labute approximate surface area is 652 Å². The molecule has 5 unspecified atom stereocenters. The molecule has 0 fully saturated rings. The normalized spacial score (nSPS) is 14.6. The van der Waals surface area contributed by atoms with Crippen molar-refractivity contribution in [2.75, 3.05) is 39.6 Å². The topological polar surface area (TPSA) is 231 Å². The zero-order valence-electron chi connectivity index (χ0n) is 67.5. The van der Waals surface area contributed by atoms with Crippen molar-refractivity contribution in [3.8, 4) is 0 Å². The van der Waals surface area contributed by atoms with E-state index in [0.29, 0.717) is 19.3 Å². The van der Waals surface area contributed by atoms with Gasteiger partial charge in [0.1, 0.15) is 25.4 Å². The standard InChI is InChI=1S/C89H154O16P2/c1-4-7-10-13-16-19-22-25-28-30-32-34-36-37-38-39-40-41-42-43-44-45-47-49-50-52-55-57-60-63-66-69-72-75-87(92)99-78-84(90)79-101-106(95,96)102-80-85(91)81-103-107(97,98)104-83-86(105-89(94)77-74-71-68-65-62-59-54-27-24-21-18-15-12-9-6-3)82-100-88(93)76-73-70-67-64-61-58-56-53-51-48-46-35-33-31-29-26-23-20-17-14-11-8-5-2/h7-8,10-11,16-17,19-20,25-29,32-35,37-38,48,51,54,84-86,90-91H,4-6,9,12-15,18,21-24,30-31,36,39-47,49-50,52-53,55-83H2,1-3H3,(H,95,96)(H,97,98)/b10-7-,11-8-,19-16-,20-17-,28-25-,29-26-,34-32-,35-33-,38-37-,51-48-,54-27-. The third-order valence-electron chi connectivity index (χ3n) is 17.8. The second-order valence-corrected chi connectivity index (χ2v) is 31.1. The molecular weight excluding hydrogens is 1390 g/mol. The van der Waals surface area contributed by atoms with E-state index in [0.717, 1.165) is 167 Å². The minimum atomic E-state index is -4.94. The lowest BCUT2D eigenvalue weighted by Gasteiger charge is -2.21. The van der Waals surface area contributed by atoms with Crippen LogP contribution in [-0.4, -0.2) is 95.9 Å². The summed E-state index contributed by atoms with van der Waals surface area (Å²) in [5.41, 5.74) is 0. The molecular formula is C89H154O16P2. The molecule has 0 saturated carbocycles. The van der Waals surface area contributed by atoms with E-state index in [2.05, 4.69) is 154 Å². The van der Waals surface area contributed by atoms with Gasteiger partial charge < -0.3 is 34.2 Å². The van der Waals surface area contributed by atoms with E-state index in [1.165, 1.54) is 128 Å². The summed E-state index contributed by atoms with van der Waals surface area (Å²) in [6, 6.07) is 0. The van der Waals surface area contributed by atoms with Crippen molar-refractivity contribution in [2.45, 2.75) is 373 Å². The van der Waals surface area contributed by atoms with Crippen LogP contribution in [0.4, 0.5) is 0 Å². The molecule has 16 nitrogen and oxygen atoms in total. The van der Waals surface area contributed by atoms with Gasteiger partial charge >= 0.3 is 33.6 Å². The summed E-state index contributed by atoms with van der Waals surface area (Å²) in [6.07, 6.45) is 99.4. The number of rotatable bonds is 80. The Bertz CT molecular complexity index is 2480. The van der Waals surface area contributed by atoms with Crippen molar-refractivity contribution in [3.63, 3.8) is 0 Å². The summed E-state index contributed by atoms with van der Waals surface area (Å²) in [5, 5.41) is 20.7. The quantitative estimate of drug-likeness (QED) is 0.0146. The number of esters is 3. The predicted octanol–water partition coefficient (Wildman–Crippen LogP) is 25.4. The molecule has 0 aromatic carbocycles. The van der Waals surface area contributed by atoms with Gasteiger partial charge in [0.2, 0.25) is 0 Å². The van der Waals surface area contributed by atoms with Crippen molar-refractivity contribution in [2.24, 2.45) is 0 Å². The van der Waals surface area contributed by atoms with E-state index in [1.807, 2.05) is 0 Å². The number of carbonyl (C=O) groups is 3. The molecule has 0 saturated heterocycles. The van der Waals surface area contributed by atoms with Gasteiger partial charge in [0, 0.05) is 19.3 Å². The van der Waals surface area contributed by atoms with Crippen LogP contribution >= 0.6 is 15.6 Å². The van der Waals surface area contributed by atoms with Gasteiger partial charge in [-0.25, -0.2) is 9.13 Å². The Morgan fingerprint density at radius 1 is 0.271 bits per heavy atom. The van der Waals surface area contributed by atoms with Crippen LogP contribution in [0.3, 0.4) is 0 Å². The second-order valence-electron chi connectivity index (χ2n) is 28.2. The fourth-order valence-electron chi connectivity index (χ4n) is 11.4. The zero-order chi connectivity index (χ0) is 78.0.